The second-order valence-corrected chi connectivity index (χ2v) is 7.31. The predicted octanol–water partition coefficient (Wildman–Crippen LogP) is 4.13. The van der Waals surface area contributed by atoms with Gasteiger partial charge in [-0.05, 0) is 61.5 Å². The fourth-order valence-electron chi connectivity index (χ4n) is 3.28. The van der Waals surface area contributed by atoms with Crippen LogP contribution in [0.2, 0.25) is 5.02 Å². The molecule has 1 aliphatic rings. The molecule has 2 aromatic carbocycles. The zero-order chi connectivity index (χ0) is 20.2. The van der Waals surface area contributed by atoms with Crippen molar-refractivity contribution in [3.63, 3.8) is 0 Å². The van der Waals surface area contributed by atoms with E-state index in [1.165, 1.54) is 0 Å². The molecule has 150 valence electrons. The molecule has 2 amide bonds. The minimum Gasteiger partial charge on any atom is -0.488 e. The first-order chi connectivity index (χ1) is 14.1. The molecule has 2 heterocycles. The second kappa shape index (κ2) is 8.55. The quantitative estimate of drug-likeness (QED) is 0.589. The lowest BCUT2D eigenvalue weighted by atomic mass is 10.1. The zero-order valence-electron chi connectivity index (χ0n) is 16.0. The van der Waals surface area contributed by atoms with E-state index in [0.717, 1.165) is 36.5 Å². The fourth-order valence-corrected chi connectivity index (χ4v) is 3.41. The van der Waals surface area contributed by atoms with Crippen LogP contribution < -0.4 is 20.7 Å². The average molecular weight is 412 g/mol. The number of ether oxygens (including phenoxy) is 1. The number of halogens is 1. The Labute approximate surface area is 174 Å². The van der Waals surface area contributed by atoms with Crippen molar-refractivity contribution in [2.45, 2.75) is 12.5 Å². The summed E-state index contributed by atoms with van der Waals surface area (Å²) in [6, 6.07) is 14.1. The van der Waals surface area contributed by atoms with Crippen molar-refractivity contribution < 1.29 is 9.53 Å². The summed E-state index contributed by atoms with van der Waals surface area (Å²) < 4.78 is 7.99. The number of benzene rings is 2. The molecule has 0 spiro atoms. The molecule has 3 aromatic rings. The highest BCUT2D eigenvalue weighted by molar-refractivity contribution is 6.30. The molecule has 3 N–H and O–H groups in total. The van der Waals surface area contributed by atoms with Gasteiger partial charge in [-0.25, -0.2) is 4.79 Å². The number of nitrogens with zero attached hydrogens (tertiary/aromatic N) is 2. The van der Waals surface area contributed by atoms with E-state index >= 15 is 0 Å². The maximum atomic E-state index is 12.4. The van der Waals surface area contributed by atoms with Gasteiger partial charge in [-0.2, -0.15) is 5.10 Å². The monoisotopic (exact) mass is 411 g/mol. The van der Waals surface area contributed by atoms with Crippen LogP contribution in [0.1, 0.15) is 6.42 Å². The third-order valence-corrected chi connectivity index (χ3v) is 5.00. The molecule has 0 radical (unpaired) electrons. The number of carbonyl (C=O) groups excluding carboxylic acids is 1. The lowest BCUT2D eigenvalue weighted by Crippen LogP contribution is -2.21. The molecule has 0 unspecified atom stereocenters. The number of amides is 2. The zero-order valence-corrected chi connectivity index (χ0v) is 16.7. The highest BCUT2D eigenvalue weighted by Gasteiger charge is 2.19. The number of nitrogens with one attached hydrogen (secondary N) is 3. The third-order valence-electron chi connectivity index (χ3n) is 4.75. The minimum absolute atomic E-state index is 0.133. The number of aromatic nitrogens is 2. The summed E-state index contributed by atoms with van der Waals surface area (Å²) in [4.78, 5) is 12.4. The van der Waals surface area contributed by atoms with Crippen molar-refractivity contribution >= 4 is 29.0 Å². The number of hydrogen-bond acceptors (Lipinski definition) is 4. The molecule has 1 saturated heterocycles. The Hall–Kier alpha value is -3.03. The first kappa shape index (κ1) is 19.3. The lowest BCUT2D eigenvalue weighted by molar-refractivity contribution is 0.224. The lowest BCUT2D eigenvalue weighted by Gasteiger charge is -2.18. The van der Waals surface area contributed by atoms with Crippen LogP contribution in [0.15, 0.2) is 54.7 Å². The van der Waals surface area contributed by atoms with Crippen molar-refractivity contribution in [3.8, 4) is 17.0 Å². The highest BCUT2D eigenvalue weighted by atomic mass is 35.5. The molecule has 29 heavy (non-hydrogen) atoms. The van der Waals surface area contributed by atoms with Gasteiger partial charge in [-0.3, -0.25) is 4.68 Å². The van der Waals surface area contributed by atoms with Crippen molar-refractivity contribution in [1.29, 1.82) is 0 Å². The molecule has 1 atom stereocenters. The number of anilines is 2. The van der Waals surface area contributed by atoms with E-state index in [1.807, 2.05) is 31.3 Å². The molecule has 1 fully saturated rings. The average Bonchev–Trinajstić information content (AvgIpc) is 3.36. The summed E-state index contributed by atoms with van der Waals surface area (Å²) in [6.07, 6.45) is 2.84. The third kappa shape index (κ3) is 4.70. The topological polar surface area (TPSA) is 80.2 Å². The normalized spacial score (nSPS) is 15.9. The smallest absolute Gasteiger partial charge is 0.323 e. The first-order valence-corrected chi connectivity index (χ1v) is 9.79. The van der Waals surface area contributed by atoms with Crippen LogP contribution >= 0.6 is 11.6 Å². The summed E-state index contributed by atoms with van der Waals surface area (Å²) in [5, 5.41) is 13.8. The van der Waals surface area contributed by atoms with Crippen LogP contribution in [-0.4, -0.2) is 35.0 Å². The summed E-state index contributed by atoms with van der Waals surface area (Å²) in [7, 11) is 1.88. The van der Waals surface area contributed by atoms with Crippen LogP contribution in [0.25, 0.3) is 11.3 Å². The molecular formula is C21H22ClN5O2. The van der Waals surface area contributed by atoms with Gasteiger partial charge in [-0.15, -0.1) is 0 Å². The molecule has 1 aromatic heterocycles. The van der Waals surface area contributed by atoms with Crippen molar-refractivity contribution in [3.05, 3.63) is 59.8 Å². The van der Waals surface area contributed by atoms with E-state index in [0.29, 0.717) is 16.4 Å². The highest BCUT2D eigenvalue weighted by Crippen LogP contribution is 2.33. The number of urea groups is 1. The molecule has 4 rings (SSSR count). The van der Waals surface area contributed by atoms with E-state index in [2.05, 4.69) is 21.0 Å². The Morgan fingerprint density at radius 1 is 1.17 bits per heavy atom. The van der Waals surface area contributed by atoms with E-state index in [1.54, 1.807) is 35.1 Å². The molecule has 8 heteroatoms. The summed E-state index contributed by atoms with van der Waals surface area (Å²) >= 11 is 5.88. The Balaban J connectivity index is 1.55. The summed E-state index contributed by atoms with van der Waals surface area (Å²) in [5.74, 6) is 0.769. The van der Waals surface area contributed by atoms with E-state index in [4.69, 9.17) is 16.3 Å². The van der Waals surface area contributed by atoms with Crippen LogP contribution in [-0.2, 0) is 7.05 Å². The summed E-state index contributed by atoms with van der Waals surface area (Å²) in [5.41, 5.74) is 3.10. The largest absolute Gasteiger partial charge is 0.488 e. The number of aryl methyl sites for hydroxylation is 1. The molecule has 7 nitrogen and oxygen atoms in total. The Morgan fingerprint density at radius 2 is 1.93 bits per heavy atom. The minimum atomic E-state index is -0.336. The number of rotatable bonds is 5. The van der Waals surface area contributed by atoms with Gasteiger partial charge in [-0.1, -0.05) is 11.6 Å². The van der Waals surface area contributed by atoms with Gasteiger partial charge in [0.1, 0.15) is 11.9 Å². The van der Waals surface area contributed by atoms with Crippen LogP contribution in [0.5, 0.6) is 5.75 Å². The maximum absolute atomic E-state index is 12.4. The molecule has 0 aliphatic carbocycles. The van der Waals surface area contributed by atoms with E-state index in [-0.39, 0.29) is 12.1 Å². The van der Waals surface area contributed by atoms with Crippen molar-refractivity contribution in [1.82, 2.24) is 15.1 Å². The fraction of sp³-hybridized carbons (Fsp3) is 0.238. The summed E-state index contributed by atoms with van der Waals surface area (Å²) in [6.45, 7) is 1.78. The van der Waals surface area contributed by atoms with Gasteiger partial charge in [0.2, 0.25) is 0 Å². The van der Waals surface area contributed by atoms with Crippen LogP contribution in [0.4, 0.5) is 16.2 Å². The Bertz CT molecular complexity index is 997. The molecular weight excluding hydrogens is 390 g/mol. The van der Waals surface area contributed by atoms with Gasteiger partial charge >= 0.3 is 6.03 Å². The molecule has 0 bridgehead atoms. The van der Waals surface area contributed by atoms with Gasteiger partial charge in [0.15, 0.2) is 0 Å². The predicted molar refractivity (Wildman–Crippen MR) is 115 cm³/mol. The van der Waals surface area contributed by atoms with E-state index < -0.39 is 0 Å². The van der Waals surface area contributed by atoms with Crippen LogP contribution in [0, 0.1) is 0 Å². The molecule has 0 saturated carbocycles. The van der Waals surface area contributed by atoms with Crippen LogP contribution in [0.3, 0.4) is 0 Å². The van der Waals surface area contributed by atoms with Gasteiger partial charge in [0.25, 0.3) is 0 Å². The Kier molecular flexibility index (Phi) is 5.69. The number of hydrogen-bond donors (Lipinski definition) is 3. The van der Waals surface area contributed by atoms with E-state index in [9.17, 15) is 4.79 Å². The maximum Gasteiger partial charge on any atom is 0.323 e. The second-order valence-electron chi connectivity index (χ2n) is 6.87. The van der Waals surface area contributed by atoms with Crippen molar-refractivity contribution in [2.24, 2.45) is 7.05 Å². The standard InChI is InChI=1S/C21H22ClN5O2/c1-27-19(9-11-24-27)18-12-16(6-7-20(18)29-17-8-10-23-13-17)26-21(28)25-15-4-2-14(22)3-5-15/h2-7,9,11-12,17,23H,8,10,13H2,1H3,(H2,25,26,28)/t17-/m1/s1. The van der Waals surface area contributed by atoms with Crippen molar-refractivity contribution in [2.75, 3.05) is 23.7 Å². The molecule has 1 aliphatic heterocycles. The van der Waals surface area contributed by atoms with Gasteiger partial charge in [0.05, 0.1) is 5.69 Å². The number of carbonyl (C=O) groups is 1. The van der Waals surface area contributed by atoms with Gasteiger partial charge in [0, 0.05) is 41.8 Å². The SMILES string of the molecule is Cn1nccc1-c1cc(NC(=O)Nc2ccc(Cl)cc2)ccc1O[C@@H]1CCNC1. The Morgan fingerprint density at radius 3 is 2.62 bits per heavy atom. The van der Waals surface area contributed by atoms with Gasteiger partial charge < -0.3 is 20.7 Å². The first-order valence-electron chi connectivity index (χ1n) is 9.42.